The molecule has 2 aromatic heterocycles. The zero-order chi connectivity index (χ0) is 22.7. The Morgan fingerprint density at radius 1 is 1.16 bits per heavy atom. The highest BCUT2D eigenvalue weighted by molar-refractivity contribution is 14.1. The van der Waals surface area contributed by atoms with E-state index >= 15 is 0 Å². The van der Waals surface area contributed by atoms with Crippen LogP contribution in [0.4, 0.5) is 5.95 Å². The predicted octanol–water partition coefficient (Wildman–Crippen LogP) is 1.39. The summed E-state index contributed by atoms with van der Waals surface area (Å²) in [6.45, 7) is 6.90. The van der Waals surface area contributed by atoms with Crippen molar-refractivity contribution in [3.05, 3.63) is 54.2 Å². The van der Waals surface area contributed by atoms with E-state index in [9.17, 15) is 9.59 Å². The number of benzene rings is 1. The van der Waals surface area contributed by atoms with E-state index in [2.05, 4.69) is 44.9 Å². The van der Waals surface area contributed by atoms with Gasteiger partial charge in [0.15, 0.2) is 11.2 Å². The molecule has 0 bridgehead atoms. The molecule has 0 amide bonds. The van der Waals surface area contributed by atoms with Gasteiger partial charge in [0, 0.05) is 36.9 Å². The largest absolute Gasteiger partial charge is 0.380 e. The number of ether oxygens (including phenoxy) is 1. The molecule has 32 heavy (non-hydrogen) atoms. The molecule has 172 valence electrons. The zero-order valence-corrected chi connectivity index (χ0v) is 20.7. The van der Waals surface area contributed by atoms with Gasteiger partial charge in [-0.2, -0.15) is 4.98 Å². The monoisotopic (exact) mass is 552 g/mol. The minimum Gasteiger partial charge on any atom is -0.380 e. The Labute approximate surface area is 200 Å². The summed E-state index contributed by atoms with van der Waals surface area (Å²) in [6.07, 6.45) is 0.990. The van der Waals surface area contributed by atoms with E-state index in [0.717, 1.165) is 47.7 Å². The molecule has 4 rings (SSSR count). The van der Waals surface area contributed by atoms with Crippen molar-refractivity contribution in [2.45, 2.75) is 26.4 Å². The maximum absolute atomic E-state index is 13.6. The van der Waals surface area contributed by atoms with Crippen LogP contribution in [0.5, 0.6) is 0 Å². The molecular formula is C22H29IN6O3. The maximum Gasteiger partial charge on any atom is 0.332 e. The average Bonchev–Trinajstić information content (AvgIpc) is 2.96. The number of fused-ring (bicyclic) bond motifs is 1. The molecule has 10 heteroatoms. The zero-order valence-electron chi connectivity index (χ0n) is 18.5. The molecule has 0 radical (unpaired) electrons. The van der Waals surface area contributed by atoms with Crippen molar-refractivity contribution in [1.82, 2.24) is 24.0 Å². The Bertz CT molecular complexity index is 1210. The van der Waals surface area contributed by atoms with E-state index < -0.39 is 0 Å². The second kappa shape index (κ2) is 10.2. The fraction of sp³-hybridized carbons (Fsp3) is 0.500. The summed E-state index contributed by atoms with van der Waals surface area (Å²) in [5.74, 6) is 0.734. The lowest BCUT2D eigenvalue weighted by atomic mass is 10.2. The van der Waals surface area contributed by atoms with Crippen LogP contribution in [0.25, 0.3) is 11.2 Å². The number of aromatic nitrogens is 4. The first-order chi connectivity index (χ1) is 15.5. The van der Waals surface area contributed by atoms with Gasteiger partial charge in [0.05, 0.1) is 19.7 Å². The molecule has 0 atom stereocenters. The number of nitrogens with one attached hydrogen (secondary N) is 1. The topological polar surface area (TPSA) is 86.3 Å². The smallest absolute Gasteiger partial charge is 0.332 e. The van der Waals surface area contributed by atoms with Crippen LogP contribution in [0.15, 0.2) is 33.9 Å². The van der Waals surface area contributed by atoms with Crippen LogP contribution in [0.2, 0.25) is 0 Å². The number of hydrogen-bond donors (Lipinski definition) is 1. The molecule has 1 aliphatic rings. The number of halogens is 1. The van der Waals surface area contributed by atoms with Gasteiger partial charge in [-0.1, -0.05) is 18.2 Å². The van der Waals surface area contributed by atoms with E-state index in [1.165, 1.54) is 9.13 Å². The van der Waals surface area contributed by atoms with Crippen LogP contribution in [0, 0.1) is 3.57 Å². The van der Waals surface area contributed by atoms with Gasteiger partial charge in [0.2, 0.25) is 5.95 Å². The van der Waals surface area contributed by atoms with Crippen molar-refractivity contribution < 1.29 is 4.74 Å². The molecule has 1 N–H and O–H groups in total. The lowest BCUT2D eigenvalue weighted by Crippen LogP contribution is -2.40. The number of imidazole rings is 1. The van der Waals surface area contributed by atoms with E-state index in [1.54, 1.807) is 7.05 Å². The normalized spacial score (nSPS) is 14.8. The molecule has 1 fully saturated rings. The van der Waals surface area contributed by atoms with Gasteiger partial charge in [-0.05, 0) is 54.1 Å². The minimum atomic E-state index is -0.370. The molecule has 1 aromatic carbocycles. The molecule has 1 aliphatic heterocycles. The highest BCUT2D eigenvalue weighted by Gasteiger charge is 2.24. The van der Waals surface area contributed by atoms with E-state index in [4.69, 9.17) is 9.72 Å². The highest BCUT2D eigenvalue weighted by atomic mass is 127. The number of nitrogens with zero attached hydrogens (tertiary/aromatic N) is 5. The summed E-state index contributed by atoms with van der Waals surface area (Å²) in [4.78, 5) is 33.6. The quantitative estimate of drug-likeness (QED) is 0.353. The summed E-state index contributed by atoms with van der Waals surface area (Å²) in [7, 11) is 1.68. The molecule has 1 saturated heterocycles. The molecule has 0 spiro atoms. The third-order valence-corrected chi connectivity index (χ3v) is 6.84. The van der Waals surface area contributed by atoms with Crippen LogP contribution in [-0.2, 0) is 24.9 Å². The fourth-order valence-corrected chi connectivity index (χ4v) is 4.65. The number of hydrogen-bond acceptors (Lipinski definition) is 6. The average molecular weight is 552 g/mol. The first-order valence-corrected chi connectivity index (χ1v) is 12.1. The van der Waals surface area contributed by atoms with Gasteiger partial charge < -0.3 is 15.0 Å². The van der Waals surface area contributed by atoms with Gasteiger partial charge in [-0.15, -0.1) is 0 Å². The molecule has 3 heterocycles. The number of anilines is 1. The second-order valence-electron chi connectivity index (χ2n) is 7.85. The summed E-state index contributed by atoms with van der Waals surface area (Å²) < 4.78 is 11.3. The van der Waals surface area contributed by atoms with Crippen LogP contribution in [0.3, 0.4) is 0 Å². The SMILES string of the molecule is CCOCCn1c(=O)c2c(nc(N3CCCNCC3)n2Cc2ccccc2I)n(C)c1=O. The van der Waals surface area contributed by atoms with Crippen LogP contribution < -0.4 is 21.5 Å². The Kier molecular flexibility index (Phi) is 7.31. The van der Waals surface area contributed by atoms with Crippen molar-refractivity contribution in [3.8, 4) is 0 Å². The molecule has 0 saturated carbocycles. The Morgan fingerprint density at radius 3 is 2.75 bits per heavy atom. The molecule has 3 aromatic rings. The Hall–Kier alpha value is -2.18. The standard InChI is InChI=1S/C22H29IN6O3/c1-3-32-14-13-28-20(30)18-19(26(2)22(28)31)25-21(27-11-6-9-24-10-12-27)29(18)15-16-7-4-5-8-17(16)23/h4-5,7-8,24H,3,6,9-15H2,1-2H3. The number of rotatable bonds is 7. The summed E-state index contributed by atoms with van der Waals surface area (Å²) in [6, 6.07) is 8.13. The minimum absolute atomic E-state index is 0.215. The lowest BCUT2D eigenvalue weighted by molar-refractivity contribution is 0.137. The van der Waals surface area contributed by atoms with Gasteiger partial charge in [0.1, 0.15) is 0 Å². The van der Waals surface area contributed by atoms with Crippen LogP contribution in [0.1, 0.15) is 18.9 Å². The Morgan fingerprint density at radius 2 is 1.97 bits per heavy atom. The molecule has 0 unspecified atom stereocenters. The van der Waals surface area contributed by atoms with Gasteiger partial charge in [-0.25, -0.2) is 4.79 Å². The maximum atomic E-state index is 13.6. The molecular weight excluding hydrogens is 523 g/mol. The predicted molar refractivity (Wildman–Crippen MR) is 134 cm³/mol. The van der Waals surface area contributed by atoms with Crippen molar-refractivity contribution in [1.29, 1.82) is 0 Å². The van der Waals surface area contributed by atoms with Crippen LogP contribution >= 0.6 is 22.6 Å². The van der Waals surface area contributed by atoms with Crippen molar-refractivity contribution in [2.75, 3.05) is 44.3 Å². The van der Waals surface area contributed by atoms with Crippen LogP contribution in [-0.4, -0.2) is 58.1 Å². The summed E-state index contributed by atoms with van der Waals surface area (Å²) in [5, 5.41) is 3.41. The first kappa shape index (κ1) is 23.0. The van der Waals surface area contributed by atoms with Gasteiger partial charge >= 0.3 is 5.69 Å². The van der Waals surface area contributed by atoms with Crippen molar-refractivity contribution in [2.24, 2.45) is 7.05 Å². The second-order valence-corrected chi connectivity index (χ2v) is 9.01. The third-order valence-electron chi connectivity index (χ3n) is 5.78. The van der Waals surface area contributed by atoms with Crippen molar-refractivity contribution >= 4 is 39.7 Å². The summed E-state index contributed by atoms with van der Waals surface area (Å²) >= 11 is 2.32. The fourth-order valence-electron chi connectivity index (χ4n) is 4.09. The molecule has 0 aliphatic carbocycles. The summed E-state index contributed by atoms with van der Waals surface area (Å²) in [5.41, 5.74) is 1.29. The Balaban J connectivity index is 1.92. The van der Waals surface area contributed by atoms with E-state index in [-0.39, 0.29) is 17.8 Å². The van der Waals surface area contributed by atoms with Gasteiger partial charge in [-0.3, -0.25) is 18.5 Å². The third kappa shape index (κ3) is 4.48. The lowest BCUT2D eigenvalue weighted by Gasteiger charge is -2.22. The first-order valence-electron chi connectivity index (χ1n) is 11.0. The van der Waals surface area contributed by atoms with Crippen molar-refractivity contribution in [3.63, 3.8) is 0 Å². The number of aryl methyl sites for hydroxylation is 1. The molecule has 9 nitrogen and oxygen atoms in total. The van der Waals surface area contributed by atoms with Gasteiger partial charge in [0.25, 0.3) is 5.56 Å². The van der Waals surface area contributed by atoms with E-state index in [1.807, 2.05) is 23.6 Å². The van der Waals surface area contributed by atoms with E-state index in [0.29, 0.717) is 30.9 Å². The highest BCUT2D eigenvalue weighted by Crippen LogP contribution is 2.23.